The van der Waals surface area contributed by atoms with Crippen molar-refractivity contribution in [3.63, 3.8) is 0 Å². The lowest BCUT2D eigenvalue weighted by Crippen LogP contribution is -2.38. The summed E-state index contributed by atoms with van der Waals surface area (Å²) < 4.78 is 5.18. The van der Waals surface area contributed by atoms with Crippen molar-refractivity contribution in [2.24, 2.45) is 0 Å². The zero-order chi connectivity index (χ0) is 16.2. The van der Waals surface area contributed by atoms with Gasteiger partial charge in [0.25, 0.3) is 0 Å². The van der Waals surface area contributed by atoms with E-state index in [0.717, 1.165) is 16.8 Å². The minimum atomic E-state index is -0.500. The Morgan fingerprint density at radius 3 is 2.52 bits per heavy atom. The molecule has 0 bridgehead atoms. The number of carbonyl (C=O) groups is 1. The summed E-state index contributed by atoms with van der Waals surface area (Å²) in [6.07, 6.45) is -0.431. The number of benzene rings is 1. The van der Waals surface area contributed by atoms with E-state index in [1.165, 1.54) is 0 Å². The number of hydrogen-bond acceptors (Lipinski definition) is 4. The second kappa shape index (κ2) is 6.70. The van der Waals surface area contributed by atoms with Gasteiger partial charge in [-0.1, -0.05) is 6.07 Å². The molecule has 21 heavy (non-hydrogen) atoms. The molecule has 1 aromatic rings. The van der Waals surface area contributed by atoms with E-state index in [1.807, 2.05) is 53.7 Å². The lowest BCUT2D eigenvalue weighted by atomic mass is 10.1. The Morgan fingerprint density at radius 2 is 1.95 bits per heavy atom. The van der Waals surface area contributed by atoms with Crippen LogP contribution in [0.5, 0.6) is 5.75 Å². The minimum Gasteiger partial charge on any atom is -0.507 e. The molecule has 1 amide bonds. The molecule has 0 saturated heterocycles. The highest BCUT2D eigenvalue weighted by molar-refractivity contribution is 5.67. The quantitative estimate of drug-likeness (QED) is 0.796. The van der Waals surface area contributed by atoms with E-state index in [4.69, 9.17) is 4.74 Å². The first-order chi connectivity index (χ1) is 9.60. The van der Waals surface area contributed by atoms with Gasteiger partial charge in [0.2, 0.25) is 0 Å². The third-order valence-electron chi connectivity index (χ3n) is 2.99. The van der Waals surface area contributed by atoms with Gasteiger partial charge in [-0.15, -0.1) is 0 Å². The first-order valence-corrected chi connectivity index (χ1v) is 7.12. The summed E-state index contributed by atoms with van der Waals surface area (Å²) in [5, 5.41) is 15.9. The van der Waals surface area contributed by atoms with Crippen LogP contribution in [0.3, 0.4) is 0 Å². The number of aromatic hydroxyl groups is 1. The average Bonchev–Trinajstić information content (AvgIpc) is 2.35. The minimum absolute atomic E-state index is 0.0123. The van der Waals surface area contributed by atoms with Crippen molar-refractivity contribution in [1.29, 1.82) is 0 Å². The second-order valence-electron chi connectivity index (χ2n) is 6.33. The highest BCUT2D eigenvalue weighted by Crippen LogP contribution is 2.28. The van der Waals surface area contributed by atoms with Crippen molar-refractivity contribution in [3.05, 3.63) is 23.3 Å². The highest BCUT2D eigenvalue weighted by atomic mass is 16.6. The fourth-order valence-electron chi connectivity index (χ4n) is 1.86. The summed E-state index contributed by atoms with van der Waals surface area (Å²) in [6, 6.07) is 3.80. The van der Waals surface area contributed by atoms with Crippen molar-refractivity contribution in [2.75, 3.05) is 11.9 Å². The number of amides is 1. The molecule has 1 atom stereocenters. The van der Waals surface area contributed by atoms with Crippen LogP contribution in [0.25, 0.3) is 0 Å². The van der Waals surface area contributed by atoms with Crippen LogP contribution in [-0.2, 0) is 4.74 Å². The smallest absolute Gasteiger partial charge is 0.407 e. The molecule has 0 aliphatic heterocycles. The molecule has 0 radical (unpaired) electrons. The standard InChI is InChI=1S/C16H26N2O3/c1-10-7-8-13(12(3)14(10)19)18-11(2)9-17-15(20)21-16(4,5)6/h7-8,11,18-19H,9H2,1-6H3,(H,17,20). The lowest BCUT2D eigenvalue weighted by Gasteiger charge is -2.22. The van der Waals surface area contributed by atoms with Crippen molar-refractivity contribution >= 4 is 11.8 Å². The molecule has 0 aliphatic carbocycles. The van der Waals surface area contributed by atoms with Gasteiger partial charge in [0.05, 0.1) is 0 Å². The normalized spacial score (nSPS) is 12.7. The molecule has 1 aromatic carbocycles. The van der Waals surface area contributed by atoms with Crippen LogP contribution in [-0.4, -0.2) is 29.4 Å². The largest absolute Gasteiger partial charge is 0.507 e. The third-order valence-corrected chi connectivity index (χ3v) is 2.99. The summed E-state index contributed by atoms with van der Waals surface area (Å²) in [4.78, 5) is 11.6. The van der Waals surface area contributed by atoms with Crippen LogP contribution in [0.1, 0.15) is 38.8 Å². The Kier molecular flexibility index (Phi) is 5.47. The predicted octanol–water partition coefficient (Wildman–Crippen LogP) is 3.33. The maximum absolute atomic E-state index is 11.6. The van der Waals surface area contributed by atoms with Crippen LogP contribution in [0.2, 0.25) is 0 Å². The summed E-state index contributed by atoms with van der Waals surface area (Å²) in [5.74, 6) is 0.298. The van der Waals surface area contributed by atoms with Crippen LogP contribution in [0.15, 0.2) is 12.1 Å². The molecule has 118 valence electrons. The monoisotopic (exact) mass is 294 g/mol. The molecule has 0 heterocycles. The van der Waals surface area contributed by atoms with E-state index >= 15 is 0 Å². The maximum atomic E-state index is 11.6. The van der Waals surface area contributed by atoms with Gasteiger partial charge in [-0.05, 0) is 53.2 Å². The van der Waals surface area contributed by atoms with E-state index < -0.39 is 11.7 Å². The Hall–Kier alpha value is -1.91. The Morgan fingerprint density at radius 1 is 1.33 bits per heavy atom. The summed E-state index contributed by atoms with van der Waals surface area (Å²) in [7, 11) is 0. The van der Waals surface area contributed by atoms with E-state index in [-0.39, 0.29) is 6.04 Å². The van der Waals surface area contributed by atoms with Gasteiger partial charge in [0, 0.05) is 23.8 Å². The molecule has 0 aliphatic rings. The predicted molar refractivity (Wildman–Crippen MR) is 84.9 cm³/mol. The molecule has 1 rings (SSSR count). The number of rotatable bonds is 4. The molecule has 5 nitrogen and oxygen atoms in total. The zero-order valence-electron chi connectivity index (χ0n) is 13.7. The molecule has 0 saturated carbocycles. The highest BCUT2D eigenvalue weighted by Gasteiger charge is 2.16. The topological polar surface area (TPSA) is 70.6 Å². The molecular weight excluding hydrogens is 268 g/mol. The Balaban J connectivity index is 2.53. The number of anilines is 1. The first kappa shape index (κ1) is 17.1. The van der Waals surface area contributed by atoms with Crippen LogP contribution in [0.4, 0.5) is 10.5 Å². The van der Waals surface area contributed by atoms with E-state index in [1.54, 1.807) is 0 Å². The van der Waals surface area contributed by atoms with Gasteiger partial charge in [0.15, 0.2) is 0 Å². The maximum Gasteiger partial charge on any atom is 0.407 e. The average molecular weight is 294 g/mol. The van der Waals surface area contributed by atoms with E-state index in [9.17, 15) is 9.90 Å². The third kappa shape index (κ3) is 5.53. The number of carbonyl (C=O) groups excluding carboxylic acids is 1. The molecule has 0 spiro atoms. The van der Waals surface area contributed by atoms with E-state index in [2.05, 4.69) is 10.6 Å². The number of ether oxygens (including phenoxy) is 1. The van der Waals surface area contributed by atoms with Crippen LogP contribution >= 0.6 is 0 Å². The van der Waals surface area contributed by atoms with Gasteiger partial charge in [-0.25, -0.2) is 4.79 Å². The lowest BCUT2D eigenvalue weighted by molar-refractivity contribution is 0.0526. The van der Waals surface area contributed by atoms with Crippen molar-refractivity contribution in [3.8, 4) is 5.75 Å². The fourth-order valence-corrected chi connectivity index (χ4v) is 1.86. The molecule has 3 N–H and O–H groups in total. The number of hydrogen-bond donors (Lipinski definition) is 3. The number of alkyl carbamates (subject to hydrolysis) is 1. The fraction of sp³-hybridized carbons (Fsp3) is 0.562. The second-order valence-corrected chi connectivity index (χ2v) is 6.33. The van der Waals surface area contributed by atoms with Gasteiger partial charge in [0.1, 0.15) is 11.4 Å². The van der Waals surface area contributed by atoms with Gasteiger partial charge < -0.3 is 20.5 Å². The number of aryl methyl sites for hydroxylation is 1. The first-order valence-electron chi connectivity index (χ1n) is 7.12. The van der Waals surface area contributed by atoms with Crippen LogP contribution in [0, 0.1) is 13.8 Å². The molecule has 0 aromatic heterocycles. The number of phenolic OH excluding ortho intramolecular Hbond substituents is 1. The van der Waals surface area contributed by atoms with Crippen molar-refractivity contribution < 1.29 is 14.6 Å². The summed E-state index contributed by atoms with van der Waals surface area (Å²) in [5.41, 5.74) is 2.01. The Labute approximate surface area is 126 Å². The SMILES string of the molecule is Cc1ccc(NC(C)CNC(=O)OC(C)(C)C)c(C)c1O. The summed E-state index contributed by atoms with van der Waals surface area (Å²) in [6.45, 7) is 11.6. The van der Waals surface area contributed by atoms with Gasteiger partial charge >= 0.3 is 6.09 Å². The molecule has 5 heteroatoms. The van der Waals surface area contributed by atoms with Crippen LogP contribution < -0.4 is 10.6 Å². The molecule has 1 unspecified atom stereocenters. The van der Waals surface area contributed by atoms with Crippen molar-refractivity contribution in [1.82, 2.24) is 5.32 Å². The Bertz CT molecular complexity index is 507. The number of nitrogens with one attached hydrogen (secondary N) is 2. The van der Waals surface area contributed by atoms with E-state index in [0.29, 0.717) is 12.3 Å². The van der Waals surface area contributed by atoms with Gasteiger partial charge in [-0.2, -0.15) is 0 Å². The zero-order valence-corrected chi connectivity index (χ0v) is 13.7. The van der Waals surface area contributed by atoms with Crippen molar-refractivity contribution in [2.45, 2.75) is 53.2 Å². The molecular formula is C16H26N2O3. The molecule has 0 fully saturated rings. The number of phenols is 1. The summed E-state index contributed by atoms with van der Waals surface area (Å²) >= 11 is 0. The van der Waals surface area contributed by atoms with Gasteiger partial charge in [-0.3, -0.25) is 0 Å².